The number of benzene rings is 3. The van der Waals surface area contributed by atoms with E-state index in [-0.39, 0.29) is 5.91 Å². The van der Waals surface area contributed by atoms with Gasteiger partial charge in [0, 0.05) is 28.6 Å². The summed E-state index contributed by atoms with van der Waals surface area (Å²) in [6, 6.07) is 22.8. The fraction of sp³-hybridized carbons (Fsp3) is 0.115. The van der Waals surface area contributed by atoms with Gasteiger partial charge in [0.05, 0.1) is 18.4 Å². The van der Waals surface area contributed by atoms with Gasteiger partial charge in [0.1, 0.15) is 5.01 Å². The number of nitrogens with one attached hydrogen (secondary N) is 1. The number of ether oxygens (including phenoxy) is 1. The molecule has 0 fully saturated rings. The monoisotopic (exact) mass is 442 g/mol. The van der Waals surface area contributed by atoms with E-state index in [1.807, 2.05) is 24.3 Å². The Bertz CT molecular complexity index is 1240. The zero-order valence-electron chi connectivity index (χ0n) is 17.8. The molecule has 0 saturated carbocycles. The van der Waals surface area contributed by atoms with Gasteiger partial charge in [0.15, 0.2) is 0 Å². The summed E-state index contributed by atoms with van der Waals surface area (Å²) in [6.45, 7) is 2.45. The summed E-state index contributed by atoms with van der Waals surface area (Å²) < 4.78 is 4.70. The van der Waals surface area contributed by atoms with Crippen molar-refractivity contribution in [1.82, 2.24) is 10.3 Å². The van der Waals surface area contributed by atoms with Gasteiger partial charge in [0.25, 0.3) is 5.91 Å². The molecule has 0 atom stereocenters. The van der Waals surface area contributed by atoms with Crippen molar-refractivity contribution in [2.75, 3.05) is 7.11 Å². The SMILES string of the molecule is COC(=O)c1cccc(C(=O)NCc2ccc(-c3nc(-c4ccc(C)cc4)cs3)cc2)c1. The van der Waals surface area contributed by atoms with Gasteiger partial charge in [-0.15, -0.1) is 11.3 Å². The Morgan fingerprint density at radius 1 is 0.938 bits per heavy atom. The average molecular weight is 443 g/mol. The lowest BCUT2D eigenvalue weighted by Gasteiger charge is -2.07. The van der Waals surface area contributed by atoms with Crippen molar-refractivity contribution in [3.05, 3.63) is 100 Å². The molecule has 0 aliphatic carbocycles. The highest BCUT2D eigenvalue weighted by Gasteiger charge is 2.11. The van der Waals surface area contributed by atoms with Crippen LogP contribution >= 0.6 is 11.3 Å². The summed E-state index contributed by atoms with van der Waals surface area (Å²) in [5, 5.41) is 5.91. The lowest BCUT2D eigenvalue weighted by molar-refractivity contribution is 0.0600. The highest BCUT2D eigenvalue weighted by molar-refractivity contribution is 7.13. The maximum atomic E-state index is 12.5. The van der Waals surface area contributed by atoms with Crippen molar-refractivity contribution in [2.24, 2.45) is 0 Å². The molecule has 4 rings (SSSR count). The van der Waals surface area contributed by atoms with Gasteiger partial charge >= 0.3 is 5.97 Å². The summed E-state index contributed by atoms with van der Waals surface area (Å²) in [4.78, 5) is 28.9. The average Bonchev–Trinajstić information content (AvgIpc) is 3.33. The Balaban J connectivity index is 1.40. The van der Waals surface area contributed by atoms with E-state index in [1.54, 1.807) is 29.5 Å². The highest BCUT2D eigenvalue weighted by Crippen LogP contribution is 2.29. The van der Waals surface area contributed by atoms with Crippen LogP contribution in [0.15, 0.2) is 78.2 Å². The van der Waals surface area contributed by atoms with Crippen molar-refractivity contribution in [2.45, 2.75) is 13.5 Å². The second-order valence-electron chi connectivity index (χ2n) is 7.36. The maximum absolute atomic E-state index is 12.5. The largest absolute Gasteiger partial charge is 0.465 e. The second-order valence-corrected chi connectivity index (χ2v) is 8.21. The molecule has 3 aromatic carbocycles. The number of hydrogen-bond donors (Lipinski definition) is 1. The normalized spacial score (nSPS) is 10.6. The predicted octanol–water partition coefficient (Wildman–Crippen LogP) is 5.50. The van der Waals surface area contributed by atoms with E-state index in [0.29, 0.717) is 17.7 Å². The fourth-order valence-electron chi connectivity index (χ4n) is 3.22. The van der Waals surface area contributed by atoms with Crippen molar-refractivity contribution in [3.63, 3.8) is 0 Å². The van der Waals surface area contributed by atoms with Gasteiger partial charge in [-0.2, -0.15) is 0 Å². The van der Waals surface area contributed by atoms with E-state index >= 15 is 0 Å². The molecule has 5 nitrogen and oxygen atoms in total. The number of amides is 1. The van der Waals surface area contributed by atoms with Crippen LogP contribution in [0.5, 0.6) is 0 Å². The van der Waals surface area contributed by atoms with Crippen LogP contribution in [-0.4, -0.2) is 24.0 Å². The Kier molecular flexibility index (Phi) is 6.42. The van der Waals surface area contributed by atoms with E-state index in [4.69, 9.17) is 9.72 Å². The molecule has 0 aliphatic heterocycles. The highest BCUT2D eigenvalue weighted by atomic mass is 32.1. The number of aromatic nitrogens is 1. The molecule has 1 aromatic heterocycles. The van der Waals surface area contributed by atoms with Gasteiger partial charge in [-0.25, -0.2) is 9.78 Å². The molecule has 0 unspecified atom stereocenters. The Labute approximate surface area is 190 Å². The number of hydrogen-bond acceptors (Lipinski definition) is 5. The topological polar surface area (TPSA) is 68.3 Å². The number of rotatable bonds is 6. The molecule has 0 spiro atoms. The van der Waals surface area contributed by atoms with Crippen LogP contribution in [-0.2, 0) is 11.3 Å². The molecule has 1 amide bonds. The molecule has 1 heterocycles. The van der Waals surface area contributed by atoms with Gasteiger partial charge < -0.3 is 10.1 Å². The van der Waals surface area contributed by atoms with E-state index < -0.39 is 5.97 Å². The fourth-order valence-corrected chi connectivity index (χ4v) is 4.05. The molecule has 0 saturated heterocycles. The van der Waals surface area contributed by atoms with Crippen LogP contribution in [0.25, 0.3) is 21.8 Å². The third-order valence-electron chi connectivity index (χ3n) is 5.05. The molecule has 32 heavy (non-hydrogen) atoms. The number of carbonyl (C=O) groups excluding carboxylic acids is 2. The number of nitrogens with zero attached hydrogens (tertiary/aromatic N) is 1. The standard InChI is InChI=1S/C26H22N2O3S/c1-17-6-10-19(11-7-17)23-16-32-25(28-23)20-12-8-18(9-13-20)15-27-24(29)21-4-3-5-22(14-21)26(30)31-2/h3-14,16H,15H2,1-2H3,(H,27,29). The number of thiazole rings is 1. The number of methoxy groups -OCH3 is 1. The van der Waals surface area contributed by atoms with Crippen LogP contribution in [0.2, 0.25) is 0 Å². The molecular weight excluding hydrogens is 420 g/mol. The van der Waals surface area contributed by atoms with Crippen LogP contribution in [0.3, 0.4) is 0 Å². The molecule has 0 radical (unpaired) electrons. The number of carbonyl (C=O) groups is 2. The zero-order valence-corrected chi connectivity index (χ0v) is 18.6. The molecule has 0 aliphatic rings. The lowest BCUT2D eigenvalue weighted by atomic mass is 10.1. The number of aryl methyl sites for hydroxylation is 1. The van der Waals surface area contributed by atoms with Gasteiger partial charge in [-0.1, -0.05) is 60.2 Å². The first kappa shape index (κ1) is 21.5. The first-order valence-electron chi connectivity index (χ1n) is 10.1. The summed E-state index contributed by atoms with van der Waals surface area (Å²) in [5.74, 6) is -0.717. The lowest BCUT2D eigenvalue weighted by Crippen LogP contribution is -2.23. The third kappa shape index (κ3) is 4.92. The van der Waals surface area contributed by atoms with Gasteiger partial charge in [0.2, 0.25) is 0 Å². The first-order valence-corrected chi connectivity index (χ1v) is 11.0. The summed E-state index contributed by atoms with van der Waals surface area (Å²) in [6.07, 6.45) is 0. The minimum Gasteiger partial charge on any atom is -0.465 e. The van der Waals surface area contributed by atoms with E-state index in [9.17, 15) is 9.59 Å². The summed E-state index contributed by atoms with van der Waals surface area (Å²) >= 11 is 1.61. The van der Waals surface area contributed by atoms with Gasteiger partial charge in [-0.3, -0.25) is 4.79 Å². The van der Waals surface area contributed by atoms with Gasteiger partial charge in [-0.05, 0) is 30.7 Å². The van der Waals surface area contributed by atoms with Crippen LogP contribution < -0.4 is 5.32 Å². The van der Waals surface area contributed by atoms with Crippen molar-refractivity contribution < 1.29 is 14.3 Å². The smallest absolute Gasteiger partial charge is 0.337 e. The predicted molar refractivity (Wildman–Crippen MR) is 127 cm³/mol. The second kappa shape index (κ2) is 9.58. The van der Waals surface area contributed by atoms with E-state index in [1.165, 1.54) is 18.7 Å². The van der Waals surface area contributed by atoms with Crippen LogP contribution in [0.1, 0.15) is 31.8 Å². The Morgan fingerprint density at radius 2 is 1.62 bits per heavy atom. The Hall–Kier alpha value is -3.77. The molecule has 4 aromatic rings. The van der Waals surface area contributed by atoms with Crippen LogP contribution in [0, 0.1) is 6.92 Å². The van der Waals surface area contributed by atoms with Crippen molar-refractivity contribution >= 4 is 23.2 Å². The Morgan fingerprint density at radius 3 is 2.34 bits per heavy atom. The number of esters is 1. The molecule has 6 heteroatoms. The van der Waals surface area contributed by atoms with E-state index in [0.717, 1.165) is 27.4 Å². The quantitative estimate of drug-likeness (QED) is 0.400. The molecular formula is C26H22N2O3S. The van der Waals surface area contributed by atoms with Crippen LogP contribution in [0.4, 0.5) is 0 Å². The van der Waals surface area contributed by atoms with Crippen molar-refractivity contribution in [3.8, 4) is 21.8 Å². The van der Waals surface area contributed by atoms with Crippen molar-refractivity contribution in [1.29, 1.82) is 0 Å². The minimum atomic E-state index is -0.469. The molecule has 1 N–H and O–H groups in total. The summed E-state index contributed by atoms with van der Waals surface area (Å²) in [7, 11) is 1.31. The molecule has 0 bridgehead atoms. The minimum absolute atomic E-state index is 0.248. The first-order chi connectivity index (χ1) is 15.5. The van der Waals surface area contributed by atoms with E-state index in [2.05, 4.69) is 41.9 Å². The molecule has 160 valence electrons. The zero-order chi connectivity index (χ0) is 22.5. The summed E-state index contributed by atoms with van der Waals surface area (Å²) in [5.41, 5.74) is 6.07. The third-order valence-corrected chi connectivity index (χ3v) is 5.94. The maximum Gasteiger partial charge on any atom is 0.337 e.